The first-order valence-electron chi connectivity index (χ1n) is 4.92. The van der Waals surface area contributed by atoms with E-state index in [0.717, 1.165) is 17.6 Å². The molecule has 0 aliphatic heterocycles. The third-order valence-corrected chi connectivity index (χ3v) is 2.50. The number of nitrogens with one attached hydrogen (secondary N) is 1. The highest BCUT2D eigenvalue weighted by Crippen LogP contribution is 2.20. The Morgan fingerprint density at radius 1 is 1.53 bits per heavy atom. The molecule has 2 aromatic rings. The van der Waals surface area contributed by atoms with E-state index >= 15 is 0 Å². The van der Waals surface area contributed by atoms with Gasteiger partial charge in [0.2, 0.25) is 0 Å². The first kappa shape index (κ1) is 10.1. The van der Waals surface area contributed by atoms with Crippen molar-refractivity contribution in [3.63, 3.8) is 0 Å². The average molecular weight is 208 g/mol. The molecule has 0 aliphatic carbocycles. The van der Waals surface area contributed by atoms with Crippen LogP contribution >= 0.6 is 0 Å². The molecule has 2 rings (SSSR count). The van der Waals surface area contributed by atoms with Crippen LogP contribution in [0, 0.1) is 5.82 Å². The van der Waals surface area contributed by atoms with Gasteiger partial charge in [0.05, 0.1) is 0 Å². The molecule has 4 heteroatoms. The molecule has 0 amide bonds. The Hall–Kier alpha value is -1.42. The lowest BCUT2D eigenvalue weighted by Gasteiger charge is -2.06. The van der Waals surface area contributed by atoms with Crippen molar-refractivity contribution in [1.29, 1.82) is 0 Å². The monoisotopic (exact) mass is 208 g/mol. The molecule has 1 N–H and O–H groups in total. The summed E-state index contributed by atoms with van der Waals surface area (Å²) < 4.78 is 18.1. The Morgan fingerprint density at radius 2 is 2.33 bits per heavy atom. The van der Waals surface area contributed by atoms with Crippen molar-refractivity contribution < 1.29 is 8.91 Å². The molecule has 0 fully saturated rings. The summed E-state index contributed by atoms with van der Waals surface area (Å²) in [7, 11) is 1.89. The normalized spacial score (nSPS) is 13.3. The maximum atomic E-state index is 12.9. The highest BCUT2D eigenvalue weighted by atomic mass is 19.1. The van der Waals surface area contributed by atoms with Crippen molar-refractivity contribution in [2.75, 3.05) is 7.05 Å². The Balaban J connectivity index is 2.36. The van der Waals surface area contributed by atoms with E-state index in [1.807, 2.05) is 7.05 Å². The number of fused-ring (bicyclic) bond motifs is 1. The Labute approximate surface area is 87.3 Å². The van der Waals surface area contributed by atoms with Crippen LogP contribution in [-0.2, 0) is 6.42 Å². The van der Waals surface area contributed by atoms with E-state index in [-0.39, 0.29) is 5.82 Å². The first-order chi connectivity index (χ1) is 7.20. The van der Waals surface area contributed by atoms with Crippen molar-refractivity contribution in [2.45, 2.75) is 19.4 Å². The van der Waals surface area contributed by atoms with Crippen molar-refractivity contribution >= 4 is 10.9 Å². The summed E-state index contributed by atoms with van der Waals surface area (Å²) in [6, 6.07) is 4.82. The zero-order valence-electron chi connectivity index (χ0n) is 8.75. The minimum atomic E-state index is -0.288. The van der Waals surface area contributed by atoms with Gasteiger partial charge < -0.3 is 9.84 Å². The molecule has 15 heavy (non-hydrogen) atoms. The van der Waals surface area contributed by atoms with Gasteiger partial charge in [-0.1, -0.05) is 5.16 Å². The molecule has 1 atom stereocenters. The lowest BCUT2D eigenvalue weighted by atomic mass is 10.1. The lowest BCUT2D eigenvalue weighted by Crippen LogP contribution is -2.23. The number of hydrogen-bond donors (Lipinski definition) is 1. The number of halogens is 1. The summed E-state index contributed by atoms with van der Waals surface area (Å²) in [5.74, 6) is 0.510. The number of hydrogen-bond acceptors (Lipinski definition) is 3. The van der Waals surface area contributed by atoms with Gasteiger partial charge in [-0.2, -0.15) is 0 Å². The fourth-order valence-electron chi connectivity index (χ4n) is 1.50. The summed E-state index contributed by atoms with van der Waals surface area (Å²) in [6.07, 6.45) is 0.749. The van der Waals surface area contributed by atoms with Crippen molar-refractivity contribution in [1.82, 2.24) is 10.5 Å². The van der Waals surface area contributed by atoms with Crippen LogP contribution in [0.15, 0.2) is 22.7 Å². The molecule has 1 aromatic carbocycles. The van der Waals surface area contributed by atoms with Gasteiger partial charge in [-0.25, -0.2) is 4.39 Å². The third kappa shape index (κ3) is 1.99. The predicted molar refractivity (Wildman–Crippen MR) is 56.2 cm³/mol. The molecular formula is C11H13FN2O. The van der Waals surface area contributed by atoms with Crippen LogP contribution in [0.3, 0.4) is 0 Å². The number of benzene rings is 1. The van der Waals surface area contributed by atoms with E-state index in [1.54, 1.807) is 6.07 Å². The Bertz CT molecular complexity index is 467. The van der Waals surface area contributed by atoms with E-state index in [9.17, 15) is 4.39 Å². The van der Waals surface area contributed by atoms with Crippen LogP contribution in [0.4, 0.5) is 4.39 Å². The molecule has 80 valence electrons. The topological polar surface area (TPSA) is 38.1 Å². The second-order valence-electron chi connectivity index (χ2n) is 3.66. The van der Waals surface area contributed by atoms with Crippen molar-refractivity contribution in [3.05, 3.63) is 29.8 Å². The summed E-state index contributed by atoms with van der Waals surface area (Å²) >= 11 is 0. The van der Waals surface area contributed by atoms with E-state index in [2.05, 4.69) is 17.4 Å². The SMILES string of the molecule is CNC(C)Cc1onc2cc(F)ccc12. The van der Waals surface area contributed by atoms with Crippen LogP contribution in [0.5, 0.6) is 0 Å². The highest BCUT2D eigenvalue weighted by Gasteiger charge is 2.11. The molecule has 0 bridgehead atoms. The molecule has 0 radical (unpaired) electrons. The van der Waals surface area contributed by atoms with Gasteiger partial charge in [-0.3, -0.25) is 0 Å². The van der Waals surface area contributed by atoms with Crippen LogP contribution in [0.2, 0.25) is 0 Å². The predicted octanol–water partition coefficient (Wildman–Crippen LogP) is 2.12. The number of rotatable bonds is 3. The summed E-state index contributed by atoms with van der Waals surface area (Å²) in [4.78, 5) is 0. The quantitative estimate of drug-likeness (QED) is 0.839. The Morgan fingerprint density at radius 3 is 3.07 bits per heavy atom. The van der Waals surface area contributed by atoms with Crippen molar-refractivity contribution in [2.24, 2.45) is 0 Å². The van der Waals surface area contributed by atoms with Crippen LogP contribution in [0.1, 0.15) is 12.7 Å². The Kier molecular flexibility index (Phi) is 2.68. The van der Waals surface area contributed by atoms with Crippen LogP contribution < -0.4 is 5.32 Å². The van der Waals surface area contributed by atoms with E-state index in [1.165, 1.54) is 12.1 Å². The standard InChI is InChI=1S/C11H13FN2O/c1-7(13-2)5-11-9-4-3-8(12)6-10(9)14-15-11/h3-4,6-7,13H,5H2,1-2H3. The molecule has 1 unspecified atom stereocenters. The minimum Gasteiger partial charge on any atom is -0.360 e. The van der Waals surface area contributed by atoms with Gasteiger partial charge in [-0.15, -0.1) is 0 Å². The van der Waals surface area contributed by atoms with Crippen LogP contribution in [0.25, 0.3) is 10.9 Å². The summed E-state index contributed by atoms with van der Waals surface area (Å²) in [6.45, 7) is 2.05. The largest absolute Gasteiger partial charge is 0.360 e. The van der Waals surface area contributed by atoms with Gasteiger partial charge in [0, 0.05) is 23.9 Å². The smallest absolute Gasteiger partial charge is 0.146 e. The molecule has 0 saturated heterocycles. The second kappa shape index (κ2) is 3.98. The first-order valence-corrected chi connectivity index (χ1v) is 4.92. The fourth-order valence-corrected chi connectivity index (χ4v) is 1.50. The molecule has 1 heterocycles. The summed E-state index contributed by atoms with van der Waals surface area (Å²) in [5.41, 5.74) is 0.577. The fraction of sp³-hybridized carbons (Fsp3) is 0.364. The molecule has 0 spiro atoms. The van der Waals surface area contributed by atoms with Gasteiger partial charge in [-0.05, 0) is 26.1 Å². The van der Waals surface area contributed by atoms with E-state index in [0.29, 0.717) is 11.6 Å². The van der Waals surface area contributed by atoms with E-state index < -0.39 is 0 Å². The average Bonchev–Trinajstić information content (AvgIpc) is 2.60. The van der Waals surface area contributed by atoms with Gasteiger partial charge >= 0.3 is 0 Å². The second-order valence-corrected chi connectivity index (χ2v) is 3.66. The molecule has 0 saturated carbocycles. The highest BCUT2D eigenvalue weighted by molar-refractivity contribution is 5.80. The molecule has 0 aliphatic rings. The summed E-state index contributed by atoms with van der Waals surface area (Å²) in [5, 5.41) is 7.83. The van der Waals surface area contributed by atoms with Gasteiger partial charge in [0.25, 0.3) is 0 Å². The number of likely N-dealkylation sites (N-methyl/N-ethyl adjacent to an activating group) is 1. The number of aromatic nitrogens is 1. The van der Waals surface area contributed by atoms with Gasteiger partial charge in [0.15, 0.2) is 0 Å². The molecule has 3 nitrogen and oxygen atoms in total. The van der Waals surface area contributed by atoms with Gasteiger partial charge in [0.1, 0.15) is 17.1 Å². The zero-order chi connectivity index (χ0) is 10.8. The molecule has 1 aromatic heterocycles. The number of nitrogens with zero attached hydrogens (tertiary/aromatic N) is 1. The van der Waals surface area contributed by atoms with E-state index in [4.69, 9.17) is 4.52 Å². The maximum absolute atomic E-state index is 12.9. The lowest BCUT2D eigenvalue weighted by molar-refractivity contribution is 0.377. The zero-order valence-corrected chi connectivity index (χ0v) is 8.75. The maximum Gasteiger partial charge on any atom is 0.146 e. The third-order valence-electron chi connectivity index (χ3n) is 2.50. The van der Waals surface area contributed by atoms with Crippen molar-refractivity contribution in [3.8, 4) is 0 Å². The minimum absolute atomic E-state index is 0.288. The van der Waals surface area contributed by atoms with Crippen LogP contribution in [-0.4, -0.2) is 18.2 Å². The molecular weight excluding hydrogens is 195 g/mol.